The van der Waals surface area contributed by atoms with Crippen molar-refractivity contribution in [3.63, 3.8) is 0 Å². The lowest BCUT2D eigenvalue weighted by atomic mass is 9.58. The van der Waals surface area contributed by atoms with Gasteiger partial charge in [0.1, 0.15) is 11.6 Å². The first-order valence-electron chi connectivity index (χ1n) is 8.72. The van der Waals surface area contributed by atoms with Crippen molar-refractivity contribution in [2.24, 2.45) is 21.9 Å². The van der Waals surface area contributed by atoms with Gasteiger partial charge in [-0.3, -0.25) is 9.59 Å². The summed E-state index contributed by atoms with van der Waals surface area (Å²) in [6, 6.07) is 7.56. The van der Waals surface area contributed by atoms with Gasteiger partial charge in [-0.15, -0.1) is 0 Å². The Balaban J connectivity index is 2.21. The number of carbonyl (C=O) groups excluding carboxylic acids is 2. The van der Waals surface area contributed by atoms with Crippen molar-refractivity contribution in [1.29, 1.82) is 0 Å². The average molecular weight is 418 g/mol. The second kappa shape index (κ2) is 5.88. The number of halogens is 1. The van der Waals surface area contributed by atoms with Gasteiger partial charge in [-0.2, -0.15) is 0 Å². The highest BCUT2D eigenvalue weighted by Gasteiger charge is 2.66. The first-order valence-corrected chi connectivity index (χ1v) is 9.52. The molecule has 0 aromatic heterocycles. The third-order valence-electron chi connectivity index (χ3n) is 5.20. The van der Waals surface area contributed by atoms with E-state index < -0.39 is 22.3 Å². The van der Waals surface area contributed by atoms with E-state index in [4.69, 9.17) is 4.84 Å². The van der Waals surface area contributed by atoms with Gasteiger partial charge in [-0.05, 0) is 23.6 Å². The second-order valence-electron chi connectivity index (χ2n) is 9.03. The quantitative estimate of drug-likeness (QED) is 0.664. The Kier molecular flexibility index (Phi) is 4.30. The number of benzene rings is 1. The van der Waals surface area contributed by atoms with Crippen LogP contribution in [0.3, 0.4) is 0 Å². The van der Waals surface area contributed by atoms with E-state index in [0.29, 0.717) is 11.3 Å². The second-order valence-corrected chi connectivity index (χ2v) is 9.95. The largest absolute Gasteiger partial charge is 0.379 e. The molecule has 3 rings (SSSR count). The number of hydrogen-bond acceptors (Lipinski definition) is 4. The molecule has 0 radical (unpaired) electrons. The van der Waals surface area contributed by atoms with Gasteiger partial charge in [0.2, 0.25) is 11.4 Å². The van der Waals surface area contributed by atoms with Crippen LogP contribution in [0.1, 0.15) is 47.1 Å². The van der Waals surface area contributed by atoms with E-state index >= 15 is 0 Å². The van der Waals surface area contributed by atoms with Crippen molar-refractivity contribution < 1.29 is 14.4 Å². The van der Waals surface area contributed by atoms with E-state index in [1.807, 2.05) is 65.8 Å². The summed E-state index contributed by atoms with van der Waals surface area (Å²) in [5, 5.41) is 4.26. The number of allylic oxidation sites excluding steroid dienone is 1. The van der Waals surface area contributed by atoms with Crippen molar-refractivity contribution in [3.8, 4) is 0 Å². The maximum absolute atomic E-state index is 13.5. The number of hydrogen-bond donors (Lipinski definition) is 0. The van der Waals surface area contributed by atoms with E-state index in [9.17, 15) is 9.59 Å². The summed E-state index contributed by atoms with van der Waals surface area (Å²) in [4.78, 5) is 32.6. The van der Waals surface area contributed by atoms with Gasteiger partial charge >= 0.3 is 0 Å². The number of oxime groups is 1. The van der Waals surface area contributed by atoms with Gasteiger partial charge in [-0.25, -0.2) is 0 Å². The molecular formula is C21H24BrNO3. The Morgan fingerprint density at radius 1 is 1.04 bits per heavy atom. The van der Waals surface area contributed by atoms with Crippen molar-refractivity contribution in [2.45, 2.75) is 47.1 Å². The van der Waals surface area contributed by atoms with E-state index in [-0.39, 0.29) is 11.6 Å². The highest BCUT2D eigenvalue weighted by molar-refractivity contribution is 9.10. The molecule has 2 aliphatic rings. The molecule has 1 aliphatic heterocycles. The standard InChI is InChI=1S/C21H24BrNO3/c1-19(2,3)14-11-15(24)21(20(4,5)6)16(18(14)25)17(23-26-21)12-7-9-13(22)10-8-12/h7-11,16H,1-6H3. The Bertz CT molecular complexity index is 837. The predicted octanol–water partition coefficient (Wildman–Crippen LogP) is 4.71. The van der Waals surface area contributed by atoms with Gasteiger partial charge in [0.15, 0.2) is 5.78 Å². The molecule has 1 aromatic carbocycles. The fourth-order valence-electron chi connectivity index (χ4n) is 3.75. The van der Waals surface area contributed by atoms with E-state index in [0.717, 1.165) is 10.0 Å². The van der Waals surface area contributed by atoms with Crippen LogP contribution in [0.15, 0.2) is 45.5 Å². The molecule has 1 aliphatic carbocycles. The molecule has 0 fully saturated rings. The summed E-state index contributed by atoms with van der Waals surface area (Å²) in [7, 11) is 0. The van der Waals surface area contributed by atoms with Crippen LogP contribution in [0, 0.1) is 16.7 Å². The maximum atomic E-state index is 13.5. The fraction of sp³-hybridized carbons (Fsp3) is 0.476. The Hall–Kier alpha value is -1.75. The van der Waals surface area contributed by atoms with Crippen molar-refractivity contribution in [1.82, 2.24) is 0 Å². The zero-order chi connectivity index (χ0) is 19.5. The highest BCUT2D eigenvalue weighted by atomic mass is 79.9. The van der Waals surface area contributed by atoms with Crippen LogP contribution in [0.25, 0.3) is 0 Å². The Morgan fingerprint density at radius 2 is 1.62 bits per heavy atom. The van der Waals surface area contributed by atoms with Gasteiger partial charge in [-0.1, -0.05) is 74.8 Å². The lowest BCUT2D eigenvalue weighted by Gasteiger charge is -2.44. The molecule has 0 bridgehead atoms. The van der Waals surface area contributed by atoms with Crippen LogP contribution in [0.4, 0.5) is 0 Å². The maximum Gasteiger partial charge on any atom is 0.219 e. The fourth-order valence-corrected chi connectivity index (χ4v) is 4.01. The molecule has 4 nitrogen and oxygen atoms in total. The molecule has 5 heteroatoms. The number of rotatable bonds is 1. The molecule has 0 N–H and O–H groups in total. The minimum absolute atomic E-state index is 0.0776. The van der Waals surface area contributed by atoms with Crippen molar-refractivity contribution in [3.05, 3.63) is 46.0 Å². The normalized spacial score (nSPS) is 26.2. The van der Waals surface area contributed by atoms with Crippen LogP contribution >= 0.6 is 15.9 Å². The molecule has 2 unspecified atom stereocenters. The number of fused-ring (bicyclic) bond motifs is 1. The molecule has 1 aromatic rings. The lowest BCUT2D eigenvalue weighted by molar-refractivity contribution is -0.165. The lowest BCUT2D eigenvalue weighted by Crippen LogP contribution is -2.61. The highest BCUT2D eigenvalue weighted by Crippen LogP contribution is 2.51. The molecule has 1 heterocycles. The van der Waals surface area contributed by atoms with Gasteiger partial charge in [0.25, 0.3) is 0 Å². The first kappa shape index (κ1) is 19.0. The summed E-state index contributed by atoms with van der Waals surface area (Å²) < 4.78 is 0.934. The average Bonchev–Trinajstić information content (AvgIpc) is 2.93. The third kappa shape index (κ3) is 2.68. The smallest absolute Gasteiger partial charge is 0.219 e. The SMILES string of the molecule is CC(C)(C)C1=CC(=O)C2(C(C)(C)C)ON=C(c3ccc(Br)cc3)C2C1=O. The van der Waals surface area contributed by atoms with E-state index in [1.54, 1.807) is 0 Å². The zero-order valence-corrected chi connectivity index (χ0v) is 17.6. The molecule has 138 valence electrons. The third-order valence-corrected chi connectivity index (χ3v) is 5.73. The Labute approximate surface area is 162 Å². The molecule has 0 saturated carbocycles. The molecule has 2 atom stereocenters. The van der Waals surface area contributed by atoms with Crippen LogP contribution < -0.4 is 0 Å². The number of carbonyl (C=O) groups is 2. The number of Topliss-reactive ketones (excluding diaryl/α,β-unsaturated/α-hetero) is 1. The molecular weight excluding hydrogens is 394 g/mol. The minimum atomic E-state index is -1.30. The van der Waals surface area contributed by atoms with Crippen LogP contribution in [0.2, 0.25) is 0 Å². The summed E-state index contributed by atoms with van der Waals surface area (Å²) >= 11 is 3.42. The summed E-state index contributed by atoms with van der Waals surface area (Å²) in [5.74, 6) is -1.00. The van der Waals surface area contributed by atoms with E-state index in [2.05, 4.69) is 21.1 Å². The first-order chi connectivity index (χ1) is 11.9. The van der Waals surface area contributed by atoms with E-state index in [1.165, 1.54) is 6.08 Å². The monoisotopic (exact) mass is 417 g/mol. The summed E-state index contributed by atoms with van der Waals surface area (Å²) in [5.41, 5.74) is -0.472. The van der Waals surface area contributed by atoms with Gasteiger partial charge in [0.05, 0.1) is 0 Å². The molecule has 0 amide bonds. The number of ketones is 2. The van der Waals surface area contributed by atoms with Gasteiger partial charge in [0, 0.05) is 21.0 Å². The Morgan fingerprint density at radius 3 is 2.12 bits per heavy atom. The topological polar surface area (TPSA) is 55.7 Å². The van der Waals surface area contributed by atoms with Crippen LogP contribution in [-0.2, 0) is 14.4 Å². The molecule has 0 saturated heterocycles. The van der Waals surface area contributed by atoms with Gasteiger partial charge < -0.3 is 4.84 Å². The zero-order valence-electron chi connectivity index (χ0n) is 16.0. The van der Waals surface area contributed by atoms with Crippen LogP contribution in [0.5, 0.6) is 0 Å². The summed E-state index contributed by atoms with van der Waals surface area (Å²) in [6.07, 6.45) is 1.48. The van der Waals surface area contributed by atoms with Crippen molar-refractivity contribution >= 4 is 33.2 Å². The van der Waals surface area contributed by atoms with Crippen LogP contribution in [-0.4, -0.2) is 22.9 Å². The summed E-state index contributed by atoms with van der Waals surface area (Å²) in [6.45, 7) is 11.6. The number of nitrogens with zero attached hydrogens (tertiary/aromatic N) is 1. The predicted molar refractivity (Wildman–Crippen MR) is 105 cm³/mol. The van der Waals surface area contributed by atoms with Crippen molar-refractivity contribution in [2.75, 3.05) is 0 Å². The minimum Gasteiger partial charge on any atom is -0.379 e. The molecule has 26 heavy (non-hydrogen) atoms. The molecule has 0 spiro atoms.